The van der Waals surface area contributed by atoms with Crippen molar-refractivity contribution in [2.75, 3.05) is 13.2 Å². The highest BCUT2D eigenvalue weighted by Crippen LogP contribution is 2.29. The fourth-order valence-corrected chi connectivity index (χ4v) is 3.10. The molecule has 12 heteroatoms. The Kier molecular flexibility index (Phi) is 8.41. The molecule has 1 saturated heterocycles. The van der Waals surface area contributed by atoms with E-state index in [1.165, 1.54) is 0 Å². The van der Waals surface area contributed by atoms with Crippen molar-refractivity contribution in [3.8, 4) is 0 Å². The number of hydrogen-bond donors (Lipinski definition) is 6. The molecule has 12 nitrogen and oxygen atoms in total. The Morgan fingerprint density at radius 2 is 1.77 bits per heavy atom. The minimum absolute atomic E-state index is 0.349. The minimum Gasteiger partial charge on any atom is -0.505 e. The van der Waals surface area contributed by atoms with Crippen LogP contribution in [0.4, 0.5) is 0 Å². The summed E-state index contributed by atoms with van der Waals surface area (Å²) in [7, 11) is 0. The first-order valence-electron chi connectivity index (χ1n) is 9.62. The van der Waals surface area contributed by atoms with E-state index in [0.717, 1.165) is 0 Å². The highest BCUT2D eigenvalue weighted by molar-refractivity contribution is 5.89. The van der Waals surface area contributed by atoms with Crippen LogP contribution in [-0.4, -0.2) is 98.7 Å². The number of hydrogen-bond acceptors (Lipinski definition) is 12. The van der Waals surface area contributed by atoms with Crippen LogP contribution in [0.1, 0.15) is 26.7 Å². The lowest BCUT2D eigenvalue weighted by molar-refractivity contribution is -0.291. The molecule has 0 radical (unpaired) electrons. The second kappa shape index (κ2) is 10.4. The van der Waals surface area contributed by atoms with Crippen molar-refractivity contribution in [2.45, 2.75) is 69.6 Å². The van der Waals surface area contributed by atoms with Crippen LogP contribution in [0.25, 0.3) is 0 Å². The Morgan fingerprint density at radius 1 is 1.13 bits per heavy atom. The van der Waals surface area contributed by atoms with Gasteiger partial charge in [-0.25, -0.2) is 4.79 Å². The first-order valence-corrected chi connectivity index (χ1v) is 9.62. The van der Waals surface area contributed by atoms with Gasteiger partial charge in [-0.2, -0.15) is 0 Å². The fraction of sp³-hybridized carbons (Fsp3) is 0.778. The van der Waals surface area contributed by atoms with Gasteiger partial charge in [0.1, 0.15) is 37.1 Å². The quantitative estimate of drug-likeness (QED) is 0.215. The predicted molar refractivity (Wildman–Crippen MR) is 95.4 cm³/mol. The predicted octanol–water partition coefficient (Wildman–Crippen LogP) is -2.16. The highest BCUT2D eigenvalue weighted by Gasteiger charge is 2.48. The topological polar surface area (TPSA) is 192 Å². The molecule has 0 aromatic rings. The fourth-order valence-electron chi connectivity index (χ4n) is 3.10. The third kappa shape index (κ3) is 5.02. The highest BCUT2D eigenvalue weighted by atomic mass is 16.7. The van der Waals surface area contributed by atoms with Gasteiger partial charge >= 0.3 is 11.9 Å². The maximum atomic E-state index is 12.0. The van der Waals surface area contributed by atoms with E-state index in [1.54, 1.807) is 0 Å². The molecular formula is C18H28O12. The number of aliphatic hydroxyl groups excluding tert-OH is 6. The molecule has 30 heavy (non-hydrogen) atoms. The summed E-state index contributed by atoms with van der Waals surface area (Å²) < 4.78 is 20.0. The van der Waals surface area contributed by atoms with Crippen LogP contribution in [0, 0.1) is 5.92 Å². The van der Waals surface area contributed by atoms with Crippen molar-refractivity contribution in [3.05, 3.63) is 11.5 Å². The molecule has 1 fully saturated rings. The van der Waals surface area contributed by atoms with Gasteiger partial charge in [-0.15, -0.1) is 0 Å². The van der Waals surface area contributed by atoms with Crippen LogP contribution >= 0.6 is 0 Å². The van der Waals surface area contributed by atoms with E-state index < -0.39 is 79.6 Å². The van der Waals surface area contributed by atoms with E-state index in [2.05, 4.69) is 0 Å². The average Bonchev–Trinajstić information content (AvgIpc) is 3.01. The molecule has 6 N–H and O–H groups in total. The molecule has 2 aliphatic heterocycles. The second-order valence-electron chi connectivity index (χ2n) is 7.07. The molecule has 172 valence electrons. The number of cyclic esters (lactones) is 1. The van der Waals surface area contributed by atoms with Crippen molar-refractivity contribution >= 4 is 11.9 Å². The SMILES string of the molecule is CCC(CC)C(=O)OC[C@H](O)[C@H]1OC(=O)C(O[C@H]2O[C@H](CO)[C@@H](O)[C@H](O)[C@H]2O)=C1O. The van der Waals surface area contributed by atoms with Gasteiger partial charge in [-0.3, -0.25) is 4.79 Å². The first-order chi connectivity index (χ1) is 14.2. The van der Waals surface area contributed by atoms with Gasteiger partial charge in [0.25, 0.3) is 0 Å². The van der Waals surface area contributed by atoms with Crippen LogP contribution < -0.4 is 0 Å². The minimum atomic E-state index is -1.82. The van der Waals surface area contributed by atoms with Gasteiger partial charge in [-0.05, 0) is 12.8 Å². The zero-order valence-electron chi connectivity index (χ0n) is 16.6. The van der Waals surface area contributed by atoms with Crippen LogP contribution in [-0.2, 0) is 28.5 Å². The Balaban J connectivity index is 2.05. The molecule has 0 spiro atoms. The molecule has 0 aromatic carbocycles. The molecule has 0 saturated carbocycles. The molecule has 2 heterocycles. The van der Waals surface area contributed by atoms with Gasteiger partial charge in [0, 0.05) is 0 Å². The third-order valence-corrected chi connectivity index (χ3v) is 5.07. The zero-order chi connectivity index (χ0) is 22.6. The lowest BCUT2D eigenvalue weighted by atomic mass is 9.99. The number of rotatable bonds is 9. The monoisotopic (exact) mass is 436 g/mol. The summed E-state index contributed by atoms with van der Waals surface area (Å²) in [6.07, 6.45) is -10.3. The van der Waals surface area contributed by atoms with Gasteiger partial charge in [0.2, 0.25) is 12.0 Å². The van der Waals surface area contributed by atoms with Crippen LogP contribution in [0.15, 0.2) is 11.5 Å². The summed E-state index contributed by atoms with van der Waals surface area (Å²) in [6, 6.07) is 0. The Labute approximate surface area is 172 Å². The summed E-state index contributed by atoms with van der Waals surface area (Å²) in [5.74, 6) is -3.71. The van der Waals surface area contributed by atoms with Crippen molar-refractivity contribution in [3.63, 3.8) is 0 Å². The normalized spacial score (nSPS) is 32.9. The summed E-state index contributed by atoms with van der Waals surface area (Å²) in [6.45, 7) is 2.35. The van der Waals surface area contributed by atoms with E-state index in [0.29, 0.717) is 12.8 Å². The molecule has 2 aliphatic rings. The molecular weight excluding hydrogens is 408 g/mol. The number of carbonyl (C=O) groups is 2. The number of ether oxygens (including phenoxy) is 4. The first kappa shape index (κ1) is 24.3. The second-order valence-corrected chi connectivity index (χ2v) is 7.07. The standard InChI is InChI=1S/C18H28O12/c1-3-7(4-2)16(25)27-6-8(20)14-13(24)15(17(26)29-14)30-18-12(23)11(22)10(21)9(5-19)28-18/h7-12,14,18-24H,3-6H2,1-2H3/t8-,9+,10+,11-,12+,14+,18+/m0/s1. The molecule has 2 rings (SSSR count). The largest absolute Gasteiger partial charge is 0.505 e. The molecule has 0 aliphatic carbocycles. The Morgan fingerprint density at radius 3 is 2.33 bits per heavy atom. The number of aliphatic hydroxyl groups is 6. The van der Waals surface area contributed by atoms with Crippen LogP contribution in [0.5, 0.6) is 0 Å². The number of carbonyl (C=O) groups excluding carboxylic acids is 2. The molecule has 0 unspecified atom stereocenters. The van der Waals surface area contributed by atoms with Crippen molar-refractivity contribution in [1.82, 2.24) is 0 Å². The summed E-state index contributed by atoms with van der Waals surface area (Å²) >= 11 is 0. The van der Waals surface area contributed by atoms with E-state index in [-0.39, 0.29) is 5.92 Å². The summed E-state index contributed by atoms with van der Waals surface area (Å²) in [5.41, 5.74) is 0. The van der Waals surface area contributed by atoms with Crippen molar-refractivity contribution in [2.24, 2.45) is 5.92 Å². The third-order valence-electron chi connectivity index (χ3n) is 5.07. The Hall–Kier alpha value is -1.96. The van der Waals surface area contributed by atoms with Gasteiger partial charge in [-0.1, -0.05) is 13.8 Å². The molecule has 7 atom stereocenters. The van der Waals surface area contributed by atoms with Gasteiger partial charge < -0.3 is 49.6 Å². The van der Waals surface area contributed by atoms with E-state index in [1.807, 2.05) is 13.8 Å². The van der Waals surface area contributed by atoms with E-state index in [9.17, 15) is 40.2 Å². The van der Waals surface area contributed by atoms with Crippen LogP contribution in [0.2, 0.25) is 0 Å². The number of esters is 2. The summed E-state index contributed by atoms with van der Waals surface area (Å²) in [4.78, 5) is 23.9. The average molecular weight is 436 g/mol. The van der Waals surface area contributed by atoms with Crippen molar-refractivity contribution in [1.29, 1.82) is 0 Å². The van der Waals surface area contributed by atoms with E-state index in [4.69, 9.17) is 18.9 Å². The maximum Gasteiger partial charge on any atom is 0.378 e. The maximum absolute atomic E-state index is 12.0. The lowest BCUT2D eigenvalue weighted by Crippen LogP contribution is -2.59. The Bertz CT molecular complexity index is 643. The molecule has 0 amide bonds. The van der Waals surface area contributed by atoms with Crippen molar-refractivity contribution < 1.29 is 59.2 Å². The van der Waals surface area contributed by atoms with Gasteiger partial charge in [0.15, 0.2) is 11.9 Å². The smallest absolute Gasteiger partial charge is 0.378 e. The molecule has 0 bridgehead atoms. The van der Waals surface area contributed by atoms with E-state index >= 15 is 0 Å². The van der Waals surface area contributed by atoms with Crippen LogP contribution in [0.3, 0.4) is 0 Å². The molecule has 0 aromatic heterocycles. The lowest BCUT2D eigenvalue weighted by Gasteiger charge is -2.39. The zero-order valence-corrected chi connectivity index (χ0v) is 16.6. The summed E-state index contributed by atoms with van der Waals surface area (Å²) in [5, 5.41) is 59.1. The van der Waals surface area contributed by atoms with Gasteiger partial charge in [0.05, 0.1) is 12.5 Å².